The van der Waals surface area contributed by atoms with Gasteiger partial charge < -0.3 is 10.1 Å². The fraction of sp³-hybridized carbons (Fsp3) is 0.273. The first-order valence-electron chi connectivity index (χ1n) is 9.97. The number of likely N-dealkylation sites (N-methyl/N-ethyl adjacent to an activating group) is 1. The minimum atomic E-state index is -0.928. The Morgan fingerprint density at radius 1 is 1.06 bits per heavy atom. The SMILES string of the molecule is CCOc1ccc(NC(=O)C[C@H]2C(=O)N(CC)C(=S)N2NC(=O)c2ccccc2)cc1. The maximum absolute atomic E-state index is 12.8. The monoisotopic (exact) mass is 440 g/mol. The lowest BCUT2D eigenvalue weighted by Gasteiger charge is -2.24. The summed E-state index contributed by atoms with van der Waals surface area (Å²) in [7, 11) is 0. The van der Waals surface area contributed by atoms with E-state index in [0.717, 1.165) is 0 Å². The average molecular weight is 441 g/mol. The van der Waals surface area contributed by atoms with E-state index in [-0.39, 0.29) is 23.3 Å². The third kappa shape index (κ3) is 5.18. The Kier molecular flexibility index (Phi) is 7.19. The molecule has 8 nitrogen and oxygen atoms in total. The van der Waals surface area contributed by atoms with Crippen molar-refractivity contribution in [3.8, 4) is 5.75 Å². The van der Waals surface area contributed by atoms with Crippen molar-refractivity contribution in [3.05, 3.63) is 60.2 Å². The van der Waals surface area contributed by atoms with E-state index in [9.17, 15) is 14.4 Å². The lowest BCUT2D eigenvalue weighted by molar-refractivity contribution is -0.130. The maximum atomic E-state index is 12.8. The van der Waals surface area contributed by atoms with Crippen LogP contribution in [-0.4, -0.2) is 51.9 Å². The number of benzene rings is 2. The van der Waals surface area contributed by atoms with Gasteiger partial charge in [0.1, 0.15) is 11.8 Å². The zero-order chi connectivity index (χ0) is 22.4. The molecule has 1 saturated heterocycles. The predicted molar refractivity (Wildman–Crippen MR) is 120 cm³/mol. The Hall–Kier alpha value is -3.46. The van der Waals surface area contributed by atoms with Crippen LogP contribution in [-0.2, 0) is 9.59 Å². The highest BCUT2D eigenvalue weighted by Gasteiger charge is 2.43. The van der Waals surface area contributed by atoms with Crippen LogP contribution in [0.2, 0.25) is 0 Å². The van der Waals surface area contributed by atoms with Gasteiger partial charge in [-0.1, -0.05) is 18.2 Å². The second kappa shape index (κ2) is 10.0. The molecular weight excluding hydrogens is 416 g/mol. The van der Waals surface area contributed by atoms with E-state index in [0.29, 0.717) is 30.2 Å². The van der Waals surface area contributed by atoms with Gasteiger partial charge in [0.15, 0.2) is 5.11 Å². The van der Waals surface area contributed by atoms with Crippen molar-refractivity contribution in [2.75, 3.05) is 18.5 Å². The number of carbonyl (C=O) groups is 3. The van der Waals surface area contributed by atoms with Crippen LogP contribution in [0.4, 0.5) is 5.69 Å². The number of thiocarbonyl (C=S) groups is 1. The number of rotatable bonds is 8. The number of hydrogen-bond acceptors (Lipinski definition) is 5. The van der Waals surface area contributed by atoms with E-state index < -0.39 is 11.9 Å². The first-order valence-corrected chi connectivity index (χ1v) is 10.4. The Labute approximate surface area is 186 Å². The molecule has 31 heavy (non-hydrogen) atoms. The highest BCUT2D eigenvalue weighted by atomic mass is 32.1. The molecule has 1 fully saturated rings. The van der Waals surface area contributed by atoms with Crippen LogP contribution in [0.25, 0.3) is 0 Å². The minimum absolute atomic E-state index is 0.163. The molecule has 3 amide bonds. The molecule has 0 bridgehead atoms. The molecule has 0 aliphatic carbocycles. The highest BCUT2D eigenvalue weighted by molar-refractivity contribution is 7.80. The highest BCUT2D eigenvalue weighted by Crippen LogP contribution is 2.21. The number of ether oxygens (including phenoxy) is 1. The van der Waals surface area contributed by atoms with Crippen LogP contribution in [0.1, 0.15) is 30.6 Å². The Bertz CT molecular complexity index is 965. The second-order valence-electron chi connectivity index (χ2n) is 6.77. The van der Waals surface area contributed by atoms with Gasteiger partial charge in [-0.25, -0.2) is 5.01 Å². The maximum Gasteiger partial charge on any atom is 0.269 e. The third-order valence-electron chi connectivity index (χ3n) is 4.70. The first kappa shape index (κ1) is 22.2. The number of anilines is 1. The van der Waals surface area contributed by atoms with Gasteiger partial charge in [-0.3, -0.25) is 24.7 Å². The molecule has 1 atom stereocenters. The quantitative estimate of drug-likeness (QED) is 0.613. The molecule has 2 N–H and O–H groups in total. The molecule has 2 aromatic rings. The summed E-state index contributed by atoms with van der Waals surface area (Å²) in [5.41, 5.74) is 3.67. The Morgan fingerprint density at radius 3 is 2.35 bits per heavy atom. The Morgan fingerprint density at radius 2 is 1.74 bits per heavy atom. The molecule has 162 valence electrons. The topological polar surface area (TPSA) is 91.0 Å². The van der Waals surface area contributed by atoms with Gasteiger partial charge in [0, 0.05) is 17.8 Å². The van der Waals surface area contributed by atoms with Crippen molar-refractivity contribution in [3.63, 3.8) is 0 Å². The van der Waals surface area contributed by atoms with Crippen LogP contribution in [0, 0.1) is 0 Å². The van der Waals surface area contributed by atoms with Crippen molar-refractivity contribution in [1.29, 1.82) is 0 Å². The van der Waals surface area contributed by atoms with Crippen LogP contribution >= 0.6 is 12.2 Å². The largest absolute Gasteiger partial charge is 0.494 e. The summed E-state index contributed by atoms with van der Waals surface area (Å²) in [4.78, 5) is 39.4. The fourth-order valence-corrected chi connectivity index (χ4v) is 3.59. The van der Waals surface area contributed by atoms with Crippen molar-refractivity contribution < 1.29 is 19.1 Å². The molecule has 0 aromatic heterocycles. The smallest absolute Gasteiger partial charge is 0.269 e. The van der Waals surface area contributed by atoms with Crippen molar-refractivity contribution in [2.24, 2.45) is 0 Å². The van der Waals surface area contributed by atoms with E-state index >= 15 is 0 Å². The normalized spacial score (nSPS) is 15.7. The summed E-state index contributed by atoms with van der Waals surface area (Å²) in [6, 6.07) is 14.6. The second-order valence-corrected chi connectivity index (χ2v) is 7.13. The van der Waals surface area contributed by atoms with Crippen LogP contribution in [0.3, 0.4) is 0 Å². The molecular formula is C22H24N4O4S. The van der Waals surface area contributed by atoms with Crippen molar-refractivity contribution in [1.82, 2.24) is 15.3 Å². The van der Waals surface area contributed by atoms with E-state index in [1.165, 1.54) is 9.91 Å². The third-order valence-corrected chi connectivity index (χ3v) is 5.12. The molecule has 1 aliphatic rings. The molecule has 0 unspecified atom stereocenters. The summed E-state index contributed by atoms with van der Waals surface area (Å²) < 4.78 is 5.39. The fourth-order valence-electron chi connectivity index (χ4n) is 3.20. The average Bonchev–Trinajstić information content (AvgIpc) is 2.99. The van der Waals surface area contributed by atoms with E-state index in [1.807, 2.05) is 6.92 Å². The van der Waals surface area contributed by atoms with Gasteiger partial charge in [-0.2, -0.15) is 0 Å². The molecule has 1 aliphatic heterocycles. The van der Waals surface area contributed by atoms with Crippen LogP contribution in [0.5, 0.6) is 5.75 Å². The van der Waals surface area contributed by atoms with Crippen LogP contribution in [0.15, 0.2) is 54.6 Å². The summed E-state index contributed by atoms with van der Waals surface area (Å²) in [5.74, 6) is -0.416. The van der Waals surface area contributed by atoms with E-state index in [1.54, 1.807) is 61.5 Å². The summed E-state index contributed by atoms with van der Waals surface area (Å²) in [6.45, 7) is 4.56. The number of carbonyl (C=O) groups excluding carboxylic acids is 3. The minimum Gasteiger partial charge on any atom is -0.494 e. The number of hydrogen-bond donors (Lipinski definition) is 2. The summed E-state index contributed by atoms with van der Waals surface area (Å²) in [6.07, 6.45) is -0.169. The van der Waals surface area contributed by atoms with Gasteiger partial charge in [-0.15, -0.1) is 0 Å². The molecule has 0 radical (unpaired) electrons. The summed E-state index contributed by atoms with van der Waals surface area (Å²) in [5, 5.41) is 4.23. The molecule has 9 heteroatoms. The Balaban J connectivity index is 1.71. The standard InChI is InChI=1S/C22H24N4O4S/c1-3-25-21(29)18(14-19(27)23-16-10-12-17(13-11-16)30-4-2)26(22(25)31)24-20(28)15-8-6-5-7-9-15/h5-13,18H,3-4,14H2,1-2H3,(H,23,27)(H,24,28)/t18-/m0/s1. The van der Waals surface area contributed by atoms with Crippen LogP contribution < -0.4 is 15.5 Å². The number of nitrogens with zero attached hydrogens (tertiary/aromatic N) is 2. The molecule has 1 heterocycles. The summed E-state index contributed by atoms with van der Waals surface area (Å²) >= 11 is 5.38. The molecule has 2 aromatic carbocycles. The van der Waals surface area contributed by atoms with Gasteiger partial charge in [0.25, 0.3) is 11.8 Å². The van der Waals surface area contributed by atoms with E-state index in [2.05, 4.69) is 10.7 Å². The predicted octanol–water partition coefficient (Wildman–Crippen LogP) is 2.58. The zero-order valence-corrected chi connectivity index (χ0v) is 18.1. The lowest BCUT2D eigenvalue weighted by Crippen LogP contribution is -2.49. The number of hydrazine groups is 1. The van der Waals surface area contributed by atoms with E-state index in [4.69, 9.17) is 17.0 Å². The van der Waals surface area contributed by atoms with Gasteiger partial charge in [0.05, 0.1) is 13.0 Å². The van der Waals surface area contributed by atoms with Crippen molar-refractivity contribution >= 4 is 40.7 Å². The first-order chi connectivity index (χ1) is 14.9. The van der Waals surface area contributed by atoms with Gasteiger partial charge >= 0.3 is 0 Å². The number of nitrogens with one attached hydrogen (secondary N) is 2. The zero-order valence-electron chi connectivity index (χ0n) is 17.3. The molecule has 3 rings (SSSR count). The lowest BCUT2D eigenvalue weighted by atomic mass is 10.1. The van der Waals surface area contributed by atoms with Crippen molar-refractivity contribution in [2.45, 2.75) is 26.3 Å². The molecule has 0 saturated carbocycles. The van der Waals surface area contributed by atoms with Gasteiger partial charge in [0.2, 0.25) is 5.91 Å². The van der Waals surface area contributed by atoms with Gasteiger partial charge in [-0.05, 0) is 62.5 Å². The number of amides is 3. The molecule has 0 spiro atoms.